The van der Waals surface area contributed by atoms with Gasteiger partial charge in [-0.25, -0.2) is 4.68 Å². The molecule has 8 nitrogen and oxygen atoms in total. The van der Waals surface area contributed by atoms with E-state index >= 15 is 0 Å². The minimum atomic E-state index is -0.160. The SMILES string of the molecule is COc1ccc(-c2nn(-c3ccccc3)cc2C(=O)NCCCN2CCOCC2)c(OC)c1. The third-order valence-corrected chi connectivity index (χ3v) is 5.68. The smallest absolute Gasteiger partial charge is 0.255 e. The third-order valence-electron chi connectivity index (χ3n) is 5.68. The van der Waals surface area contributed by atoms with Crippen molar-refractivity contribution in [1.82, 2.24) is 20.0 Å². The van der Waals surface area contributed by atoms with Crippen LogP contribution in [-0.2, 0) is 4.74 Å². The summed E-state index contributed by atoms with van der Waals surface area (Å²) >= 11 is 0. The summed E-state index contributed by atoms with van der Waals surface area (Å²) in [6.45, 7) is 4.96. The quantitative estimate of drug-likeness (QED) is 0.505. The maximum absolute atomic E-state index is 13.2. The van der Waals surface area contributed by atoms with Crippen LogP contribution in [0.3, 0.4) is 0 Å². The number of amides is 1. The van der Waals surface area contributed by atoms with Crippen LogP contribution in [0.2, 0.25) is 0 Å². The summed E-state index contributed by atoms with van der Waals surface area (Å²) in [5.74, 6) is 1.10. The van der Waals surface area contributed by atoms with E-state index in [1.807, 2.05) is 42.5 Å². The van der Waals surface area contributed by atoms with Crippen molar-refractivity contribution in [2.45, 2.75) is 6.42 Å². The number of rotatable bonds is 9. The molecule has 2 aromatic carbocycles. The molecule has 0 aliphatic carbocycles. The topological polar surface area (TPSA) is 77.9 Å². The molecule has 1 aliphatic rings. The number of nitrogens with one attached hydrogen (secondary N) is 1. The van der Waals surface area contributed by atoms with E-state index in [-0.39, 0.29) is 5.91 Å². The lowest BCUT2D eigenvalue weighted by Crippen LogP contribution is -2.38. The van der Waals surface area contributed by atoms with E-state index in [0.29, 0.717) is 29.3 Å². The van der Waals surface area contributed by atoms with Crippen LogP contribution < -0.4 is 14.8 Å². The fourth-order valence-electron chi connectivity index (χ4n) is 3.87. The monoisotopic (exact) mass is 450 g/mol. The van der Waals surface area contributed by atoms with E-state index in [1.165, 1.54) is 0 Å². The molecule has 0 bridgehead atoms. The first-order chi connectivity index (χ1) is 16.2. The maximum Gasteiger partial charge on any atom is 0.255 e. The summed E-state index contributed by atoms with van der Waals surface area (Å²) in [5, 5.41) is 7.81. The van der Waals surface area contributed by atoms with E-state index in [2.05, 4.69) is 10.2 Å². The Morgan fingerprint density at radius 2 is 1.88 bits per heavy atom. The number of ether oxygens (including phenoxy) is 3. The van der Waals surface area contributed by atoms with Crippen LogP contribution in [-0.4, -0.2) is 74.2 Å². The zero-order valence-electron chi connectivity index (χ0n) is 19.1. The second-order valence-corrected chi connectivity index (χ2v) is 7.80. The van der Waals surface area contributed by atoms with Gasteiger partial charge in [0.15, 0.2) is 0 Å². The molecule has 2 heterocycles. The zero-order chi connectivity index (χ0) is 23.0. The normalized spacial score (nSPS) is 14.1. The first kappa shape index (κ1) is 22.8. The number of nitrogens with zero attached hydrogens (tertiary/aromatic N) is 3. The van der Waals surface area contributed by atoms with Crippen LogP contribution in [0.5, 0.6) is 11.5 Å². The molecular weight excluding hydrogens is 420 g/mol. The van der Waals surface area contributed by atoms with Gasteiger partial charge in [-0.15, -0.1) is 0 Å². The Kier molecular flexibility index (Phi) is 7.59. The third kappa shape index (κ3) is 5.53. The molecule has 0 radical (unpaired) electrons. The molecule has 1 aromatic heterocycles. The molecule has 0 atom stereocenters. The minimum absolute atomic E-state index is 0.160. The molecule has 3 aromatic rings. The van der Waals surface area contributed by atoms with Gasteiger partial charge in [0.25, 0.3) is 5.91 Å². The van der Waals surface area contributed by atoms with Gasteiger partial charge in [0.2, 0.25) is 0 Å². The molecule has 0 spiro atoms. The highest BCUT2D eigenvalue weighted by Gasteiger charge is 2.21. The van der Waals surface area contributed by atoms with Gasteiger partial charge >= 0.3 is 0 Å². The van der Waals surface area contributed by atoms with Crippen molar-refractivity contribution < 1.29 is 19.0 Å². The molecule has 33 heavy (non-hydrogen) atoms. The van der Waals surface area contributed by atoms with Crippen molar-refractivity contribution in [3.05, 3.63) is 60.3 Å². The summed E-state index contributed by atoms with van der Waals surface area (Å²) in [7, 11) is 3.20. The fraction of sp³-hybridized carbons (Fsp3) is 0.360. The van der Waals surface area contributed by atoms with Crippen molar-refractivity contribution >= 4 is 5.91 Å². The molecular formula is C25H30N4O4. The Balaban J connectivity index is 1.56. The second kappa shape index (κ2) is 11.0. The first-order valence-electron chi connectivity index (χ1n) is 11.2. The highest BCUT2D eigenvalue weighted by Crippen LogP contribution is 2.34. The standard InChI is InChI=1S/C25H30N4O4/c1-31-20-9-10-21(23(17-20)32-2)24-22(18-29(27-24)19-7-4-3-5-8-19)25(30)26-11-6-12-28-13-15-33-16-14-28/h3-5,7-10,17-18H,6,11-16H2,1-2H3,(H,26,30). The van der Waals surface area contributed by atoms with E-state index in [4.69, 9.17) is 19.3 Å². The molecule has 4 rings (SSSR count). The Bertz CT molecular complexity index is 1060. The summed E-state index contributed by atoms with van der Waals surface area (Å²) in [6, 6.07) is 15.2. The molecule has 0 saturated carbocycles. The van der Waals surface area contributed by atoms with Crippen LogP contribution in [0.25, 0.3) is 16.9 Å². The van der Waals surface area contributed by atoms with Crippen LogP contribution in [0.15, 0.2) is 54.7 Å². The van der Waals surface area contributed by atoms with Crippen molar-refractivity contribution in [3.63, 3.8) is 0 Å². The molecule has 0 unspecified atom stereocenters. The first-order valence-corrected chi connectivity index (χ1v) is 11.2. The number of para-hydroxylation sites is 1. The Hall–Kier alpha value is -3.36. The highest BCUT2D eigenvalue weighted by atomic mass is 16.5. The summed E-state index contributed by atoms with van der Waals surface area (Å²) < 4.78 is 18.0. The average molecular weight is 451 g/mol. The van der Waals surface area contributed by atoms with Crippen LogP contribution in [0.4, 0.5) is 0 Å². The number of hydrogen-bond acceptors (Lipinski definition) is 6. The van der Waals surface area contributed by atoms with Crippen molar-refractivity contribution in [1.29, 1.82) is 0 Å². The van der Waals surface area contributed by atoms with E-state index < -0.39 is 0 Å². The van der Waals surface area contributed by atoms with Crippen LogP contribution >= 0.6 is 0 Å². The number of carbonyl (C=O) groups excluding carboxylic acids is 1. The van der Waals surface area contributed by atoms with Crippen molar-refractivity contribution in [3.8, 4) is 28.4 Å². The lowest BCUT2D eigenvalue weighted by atomic mass is 10.1. The van der Waals surface area contributed by atoms with Gasteiger partial charge < -0.3 is 19.5 Å². The Morgan fingerprint density at radius 1 is 1.09 bits per heavy atom. The second-order valence-electron chi connectivity index (χ2n) is 7.80. The summed E-state index contributed by atoms with van der Waals surface area (Å²) in [6.07, 6.45) is 2.64. The zero-order valence-corrected chi connectivity index (χ0v) is 19.1. The van der Waals surface area contributed by atoms with Crippen LogP contribution in [0, 0.1) is 0 Å². The molecule has 1 fully saturated rings. The Morgan fingerprint density at radius 3 is 2.61 bits per heavy atom. The number of aromatic nitrogens is 2. The van der Waals surface area contributed by atoms with Gasteiger partial charge in [0.1, 0.15) is 17.2 Å². The molecule has 1 aliphatic heterocycles. The highest BCUT2D eigenvalue weighted by molar-refractivity contribution is 6.00. The van der Waals surface area contributed by atoms with E-state index in [9.17, 15) is 4.79 Å². The van der Waals surface area contributed by atoms with Crippen molar-refractivity contribution in [2.24, 2.45) is 0 Å². The van der Waals surface area contributed by atoms with E-state index in [0.717, 1.165) is 50.5 Å². The van der Waals surface area contributed by atoms with Gasteiger partial charge in [0.05, 0.1) is 38.7 Å². The van der Waals surface area contributed by atoms with Gasteiger partial charge in [-0.05, 0) is 37.2 Å². The average Bonchev–Trinajstić information content (AvgIpc) is 3.32. The molecule has 1 N–H and O–H groups in total. The maximum atomic E-state index is 13.2. The molecule has 174 valence electrons. The predicted octanol–water partition coefficient (Wildman–Crippen LogP) is 3.01. The predicted molar refractivity (Wildman–Crippen MR) is 126 cm³/mol. The largest absolute Gasteiger partial charge is 0.497 e. The minimum Gasteiger partial charge on any atom is -0.497 e. The number of morpholine rings is 1. The van der Waals surface area contributed by atoms with Gasteiger partial charge in [0, 0.05) is 37.5 Å². The summed E-state index contributed by atoms with van der Waals surface area (Å²) in [4.78, 5) is 15.6. The number of methoxy groups -OCH3 is 2. The van der Waals surface area contributed by atoms with Crippen LogP contribution in [0.1, 0.15) is 16.8 Å². The number of carbonyl (C=O) groups is 1. The fourth-order valence-corrected chi connectivity index (χ4v) is 3.87. The van der Waals surface area contributed by atoms with Gasteiger partial charge in [-0.1, -0.05) is 18.2 Å². The van der Waals surface area contributed by atoms with E-state index in [1.54, 1.807) is 31.2 Å². The summed E-state index contributed by atoms with van der Waals surface area (Å²) in [5.41, 5.74) is 2.65. The van der Waals surface area contributed by atoms with Gasteiger partial charge in [-0.2, -0.15) is 5.10 Å². The molecule has 8 heteroatoms. The number of hydrogen-bond donors (Lipinski definition) is 1. The van der Waals surface area contributed by atoms with Gasteiger partial charge in [-0.3, -0.25) is 9.69 Å². The Labute approximate surface area is 194 Å². The van der Waals surface area contributed by atoms with Crippen molar-refractivity contribution in [2.75, 3.05) is 53.6 Å². The lowest BCUT2D eigenvalue weighted by molar-refractivity contribution is 0.0374. The lowest BCUT2D eigenvalue weighted by Gasteiger charge is -2.26. The number of benzene rings is 2. The molecule has 1 amide bonds. The molecule has 1 saturated heterocycles.